The molecule has 1 saturated carbocycles. The summed E-state index contributed by atoms with van der Waals surface area (Å²) in [5.41, 5.74) is 1.93. The number of hydrogen-bond acceptors (Lipinski definition) is 4. The first-order chi connectivity index (χ1) is 15.2. The molecule has 0 bridgehead atoms. The molecule has 1 saturated heterocycles. The van der Waals surface area contributed by atoms with Gasteiger partial charge in [0.25, 0.3) is 0 Å². The largest absolute Gasteiger partial charge is 0.339 e. The van der Waals surface area contributed by atoms with Crippen molar-refractivity contribution in [3.8, 4) is 0 Å². The summed E-state index contributed by atoms with van der Waals surface area (Å²) in [5, 5.41) is 4.00. The number of carbonyl (C=O) groups is 2. The van der Waals surface area contributed by atoms with E-state index in [1.807, 2.05) is 41.3 Å². The number of carbonyl (C=O) groups excluding carboxylic acids is 2. The number of anilines is 1. The van der Waals surface area contributed by atoms with Crippen LogP contribution in [0.2, 0.25) is 0 Å². The predicted octanol–water partition coefficient (Wildman–Crippen LogP) is 4.63. The van der Waals surface area contributed by atoms with E-state index in [9.17, 15) is 9.59 Å². The van der Waals surface area contributed by atoms with Crippen LogP contribution >= 0.6 is 11.8 Å². The van der Waals surface area contributed by atoms with Gasteiger partial charge in [-0.1, -0.05) is 31.0 Å². The number of rotatable bonds is 6. The van der Waals surface area contributed by atoms with Crippen LogP contribution in [0.1, 0.15) is 37.7 Å². The van der Waals surface area contributed by atoms with Gasteiger partial charge in [-0.15, -0.1) is 11.8 Å². The van der Waals surface area contributed by atoms with Gasteiger partial charge in [-0.2, -0.15) is 0 Å². The molecule has 0 radical (unpaired) electrons. The first kappa shape index (κ1) is 21.7. The van der Waals surface area contributed by atoms with Gasteiger partial charge >= 0.3 is 6.03 Å². The van der Waals surface area contributed by atoms with Crippen molar-refractivity contribution >= 4 is 29.4 Å². The van der Waals surface area contributed by atoms with Crippen LogP contribution < -0.4 is 5.32 Å². The zero-order valence-corrected chi connectivity index (χ0v) is 18.7. The normalized spacial score (nSPS) is 17.0. The third-order valence-electron chi connectivity index (χ3n) is 6.06. The van der Waals surface area contributed by atoms with Crippen molar-refractivity contribution in [1.82, 2.24) is 14.8 Å². The van der Waals surface area contributed by atoms with Gasteiger partial charge in [0, 0.05) is 50.2 Å². The Morgan fingerprint density at radius 3 is 2.52 bits per heavy atom. The number of hydrogen-bond donors (Lipinski definition) is 1. The maximum atomic E-state index is 12.7. The molecule has 31 heavy (non-hydrogen) atoms. The molecule has 2 heterocycles. The average molecular weight is 439 g/mol. The Balaban J connectivity index is 1.23. The molecule has 0 spiro atoms. The summed E-state index contributed by atoms with van der Waals surface area (Å²) in [6.45, 7) is 2.41. The highest BCUT2D eigenvalue weighted by Crippen LogP contribution is 2.28. The third-order valence-corrected chi connectivity index (χ3v) is 7.08. The van der Waals surface area contributed by atoms with E-state index in [0.29, 0.717) is 38.5 Å². The minimum absolute atomic E-state index is 0.0996. The lowest BCUT2D eigenvalue weighted by Crippen LogP contribution is -2.51. The molecule has 2 aromatic rings. The molecule has 1 aromatic carbocycles. The Labute approximate surface area is 188 Å². The van der Waals surface area contributed by atoms with Gasteiger partial charge in [-0.25, -0.2) is 9.78 Å². The second kappa shape index (κ2) is 10.7. The van der Waals surface area contributed by atoms with E-state index >= 15 is 0 Å². The topological polar surface area (TPSA) is 65.5 Å². The van der Waals surface area contributed by atoms with Crippen molar-refractivity contribution in [2.24, 2.45) is 5.92 Å². The van der Waals surface area contributed by atoms with Crippen molar-refractivity contribution in [1.29, 1.82) is 0 Å². The van der Waals surface area contributed by atoms with E-state index < -0.39 is 0 Å². The standard InChI is InChI=1S/C24H30N4O2S/c29-23(17-19-6-1-2-7-19)27-12-14-28(15-13-27)24(30)26-21-9-5-8-20(16-21)18-31-22-10-3-4-11-25-22/h3-5,8-11,16,19H,1-2,6-7,12-15,17-18H2,(H,26,30). The highest BCUT2D eigenvalue weighted by Gasteiger charge is 2.26. The maximum Gasteiger partial charge on any atom is 0.321 e. The monoisotopic (exact) mass is 438 g/mol. The maximum absolute atomic E-state index is 12.7. The summed E-state index contributed by atoms with van der Waals surface area (Å²) in [4.78, 5) is 33.3. The molecule has 1 aliphatic carbocycles. The Hall–Kier alpha value is -2.54. The second-order valence-corrected chi connectivity index (χ2v) is 9.31. The third kappa shape index (κ3) is 6.23. The molecule has 2 fully saturated rings. The Morgan fingerprint density at radius 1 is 1.00 bits per heavy atom. The van der Waals surface area contributed by atoms with E-state index in [0.717, 1.165) is 22.0 Å². The molecule has 4 rings (SSSR count). The van der Waals surface area contributed by atoms with Gasteiger partial charge in [-0.05, 0) is 48.6 Å². The Morgan fingerprint density at radius 2 is 1.77 bits per heavy atom. The van der Waals surface area contributed by atoms with Crippen LogP contribution in [-0.4, -0.2) is 52.9 Å². The van der Waals surface area contributed by atoms with Gasteiger partial charge < -0.3 is 15.1 Å². The minimum atomic E-state index is -0.0996. The number of benzene rings is 1. The van der Waals surface area contributed by atoms with E-state index in [4.69, 9.17) is 0 Å². The summed E-state index contributed by atoms with van der Waals surface area (Å²) in [5.74, 6) is 1.62. The highest BCUT2D eigenvalue weighted by atomic mass is 32.2. The van der Waals surface area contributed by atoms with Crippen molar-refractivity contribution < 1.29 is 9.59 Å². The van der Waals surface area contributed by atoms with Crippen molar-refractivity contribution in [3.05, 3.63) is 54.2 Å². The first-order valence-corrected chi connectivity index (χ1v) is 12.1. The lowest BCUT2D eigenvalue weighted by molar-refractivity contribution is -0.133. The van der Waals surface area contributed by atoms with Gasteiger partial charge in [-0.3, -0.25) is 4.79 Å². The number of aromatic nitrogens is 1. The van der Waals surface area contributed by atoms with Crippen LogP contribution in [0.4, 0.5) is 10.5 Å². The smallest absolute Gasteiger partial charge is 0.321 e. The first-order valence-electron chi connectivity index (χ1n) is 11.1. The number of nitrogens with one attached hydrogen (secondary N) is 1. The highest BCUT2D eigenvalue weighted by molar-refractivity contribution is 7.98. The van der Waals surface area contributed by atoms with Crippen LogP contribution in [0.15, 0.2) is 53.7 Å². The van der Waals surface area contributed by atoms with Crippen LogP contribution in [0.25, 0.3) is 0 Å². The number of piperazine rings is 1. The van der Waals surface area contributed by atoms with Crippen molar-refractivity contribution in [3.63, 3.8) is 0 Å². The molecule has 2 aliphatic rings. The van der Waals surface area contributed by atoms with E-state index in [2.05, 4.69) is 16.4 Å². The van der Waals surface area contributed by atoms with E-state index in [1.54, 1.807) is 22.9 Å². The fraction of sp³-hybridized carbons (Fsp3) is 0.458. The molecule has 0 unspecified atom stereocenters. The fourth-order valence-electron chi connectivity index (χ4n) is 4.28. The number of amides is 3. The number of pyridine rings is 1. The van der Waals surface area contributed by atoms with Crippen LogP contribution in [-0.2, 0) is 10.5 Å². The molecule has 1 aliphatic heterocycles. The van der Waals surface area contributed by atoms with Gasteiger partial charge in [0.05, 0.1) is 5.03 Å². The predicted molar refractivity (Wildman–Crippen MR) is 124 cm³/mol. The second-order valence-electron chi connectivity index (χ2n) is 8.31. The lowest BCUT2D eigenvalue weighted by Gasteiger charge is -2.35. The Bertz CT molecular complexity index is 878. The molecule has 164 valence electrons. The van der Waals surface area contributed by atoms with Crippen LogP contribution in [0.3, 0.4) is 0 Å². The van der Waals surface area contributed by atoms with Crippen LogP contribution in [0.5, 0.6) is 0 Å². The average Bonchev–Trinajstić information content (AvgIpc) is 3.32. The summed E-state index contributed by atoms with van der Waals surface area (Å²) in [7, 11) is 0. The SMILES string of the molecule is O=C(CC1CCCC1)N1CCN(C(=O)Nc2cccc(CSc3ccccn3)c2)CC1. The summed E-state index contributed by atoms with van der Waals surface area (Å²) in [6.07, 6.45) is 7.36. The quantitative estimate of drug-likeness (QED) is 0.668. The number of urea groups is 1. The Kier molecular flexibility index (Phi) is 7.46. The molecule has 1 N–H and O–H groups in total. The van der Waals surface area contributed by atoms with Crippen molar-refractivity contribution in [2.45, 2.75) is 42.9 Å². The molecule has 6 nitrogen and oxygen atoms in total. The lowest BCUT2D eigenvalue weighted by atomic mass is 10.0. The molecular formula is C24H30N4O2S. The summed E-state index contributed by atoms with van der Waals surface area (Å²) >= 11 is 1.67. The number of thioether (sulfide) groups is 1. The zero-order chi connectivity index (χ0) is 21.5. The summed E-state index contributed by atoms with van der Waals surface area (Å²) < 4.78 is 0. The molecule has 1 aromatic heterocycles. The van der Waals surface area contributed by atoms with E-state index in [-0.39, 0.29) is 11.9 Å². The minimum Gasteiger partial charge on any atom is -0.339 e. The molecular weight excluding hydrogens is 408 g/mol. The van der Waals surface area contributed by atoms with E-state index in [1.165, 1.54) is 25.7 Å². The zero-order valence-electron chi connectivity index (χ0n) is 17.8. The van der Waals surface area contributed by atoms with Gasteiger partial charge in [0.15, 0.2) is 0 Å². The van der Waals surface area contributed by atoms with Gasteiger partial charge in [0.2, 0.25) is 5.91 Å². The molecule has 0 atom stereocenters. The van der Waals surface area contributed by atoms with Gasteiger partial charge in [0.1, 0.15) is 0 Å². The van der Waals surface area contributed by atoms with Crippen molar-refractivity contribution in [2.75, 3.05) is 31.5 Å². The summed E-state index contributed by atoms with van der Waals surface area (Å²) in [6, 6.07) is 13.7. The molecule has 7 heteroatoms. The van der Waals surface area contributed by atoms with Crippen LogP contribution in [0, 0.1) is 5.92 Å². The number of nitrogens with zero attached hydrogens (tertiary/aromatic N) is 3. The molecule has 3 amide bonds. The fourth-order valence-corrected chi connectivity index (χ4v) is 5.08.